The second kappa shape index (κ2) is 4.49. The van der Waals surface area contributed by atoms with Gasteiger partial charge < -0.3 is 4.74 Å². The van der Waals surface area contributed by atoms with Gasteiger partial charge in [-0.15, -0.1) is 11.3 Å². The van der Waals surface area contributed by atoms with Crippen LogP contribution < -0.4 is 0 Å². The normalized spacial score (nSPS) is 10.4. The van der Waals surface area contributed by atoms with Gasteiger partial charge in [-0.1, -0.05) is 6.07 Å². The van der Waals surface area contributed by atoms with Crippen molar-refractivity contribution in [1.82, 2.24) is 9.78 Å². The van der Waals surface area contributed by atoms with E-state index in [2.05, 4.69) is 9.84 Å². The fourth-order valence-electron chi connectivity index (χ4n) is 1.52. The predicted octanol–water partition coefficient (Wildman–Crippen LogP) is 1.86. The Labute approximate surface area is 97.5 Å². The largest absolute Gasteiger partial charge is 0.469 e. The molecule has 2 aromatic rings. The summed E-state index contributed by atoms with van der Waals surface area (Å²) in [4.78, 5) is 12.3. The van der Waals surface area contributed by atoms with Gasteiger partial charge in [0.25, 0.3) is 0 Å². The van der Waals surface area contributed by atoms with Crippen LogP contribution in [0.5, 0.6) is 0 Å². The second-order valence-electron chi connectivity index (χ2n) is 3.41. The highest BCUT2D eigenvalue weighted by molar-refractivity contribution is 7.13. The van der Waals surface area contributed by atoms with Gasteiger partial charge >= 0.3 is 5.97 Å². The molecule has 0 atom stereocenters. The number of carbonyl (C=O) groups excluding carboxylic acids is 1. The number of ether oxygens (including phenoxy) is 1. The quantitative estimate of drug-likeness (QED) is 0.764. The molecule has 0 spiro atoms. The van der Waals surface area contributed by atoms with E-state index in [4.69, 9.17) is 0 Å². The lowest BCUT2D eigenvalue weighted by atomic mass is 10.1. The number of carbonyl (C=O) groups is 1. The molecule has 0 saturated heterocycles. The molecule has 0 fully saturated rings. The molecule has 0 saturated carbocycles. The first kappa shape index (κ1) is 10.9. The molecule has 0 aliphatic carbocycles. The Balaban J connectivity index is 2.34. The lowest BCUT2D eigenvalue weighted by molar-refractivity contribution is -0.139. The fourth-order valence-corrected chi connectivity index (χ4v) is 2.26. The Morgan fingerprint density at radius 3 is 3.06 bits per heavy atom. The van der Waals surface area contributed by atoms with Crippen molar-refractivity contribution in [3.05, 3.63) is 29.3 Å². The topological polar surface area (TPSA) is 44.1 Å². The first-order valence-electron chi connectivity index (χ1n) is 4.84. The molecule has 84 valence electrons. The van der Waals surface area contributed by atoms with Crippen molar-refractivity contribution >= 4 is 17.3 Å². The lowest BCUT2D eigenvalue weighted by Crippen LogP contribution is -2.04. The molecule has 0 aliphatic heterocycles. The van der Waals surface area contributed by atoms with Crippen molar-refractivity contribution < 1.29 is 9.53 Å². The van der Waals surface area contributed by atoms with E-state index in [9.17, 15) is 4.79 Å². The number of aryl methyl sites for hydroxylation is 1. The lowest BCUT2D eigenvalue weighted by Gasteiger charge is -1.98. The van der Waals surface area contributed by atoms with E-state index in [0.29, 0.717) is 0 Å². The van der Waals surface area contributed by atoms with Crippen molar-refractivity contribution in [2.75, 3.05) is 7.11 Å². The van der Waals surface area contributed by atoms with Gasteiger partial charge in [-0.05, 0) is 11.4 Å². The summed E-state index contributed by atoms with van der Waals surface area (Å²) >= 11 is 1.61. The Bertz CT molecular complexity index is 488. The van der Waals surface area contributed by atoms with E-state index in [1.807, 2.05) is 30.8 Å². The third kappa shape index (κ3) is 2.14. The standard InChI is InChI=1S/C11H12N2O2S/c1-13-7-8(6-10(14)15-2)11(12-13)9-4-3-5-16-9/h3-5,7H,6H2,1-2H3. The number of hydrogen-bond donors (Lipinski definition) is 0. The maximum absolute atomic E-state index is 11.3. The summed E-state index contributed by atoms with van der Waals surface area (Å²) in [6.45, 7) is 0. The van der Waals surface area contributed by atoms with Crippen molar-refractivity contribution in [3.63, 3.8) is 0 Å². The summed E-state index contributed by atoms with van der Waals surface area (Å²) in [5, 5.41) is 6.35. The van der Waals surface area contributed by atoms with Crippen LogP contribution in [0, 0.1) is 0 Å². The zero-order chi connectivity index (χ0) is 11.5. The summed E-state index contributed by atoms with van der Waals surface area (Å²) in [6, 6.07) is 3.96. The summed E-state index contributed by atoms with van der Waals surface area (Å²) in [6.07, 6.45) is 2.11. The Kier molecular flexibility index (Phi) is 3.05. The molecule has 2 heterocycles. The van der Waals surface area contributed by atoms with E-state index in [1.54, 1.807) is 16.0 Å². The zero-order valence-corrected chi connectivity index (χ0v) is 9.95. The number of esters is 1. The average molecular weight is 236 g/mol. The minimum atomic E-state index is -0.245. The molecule has 0 aliphatic rings. The Hall–Kier alpha value is -1.62. The highest BCUT2D eigenvalue weighted by atomic mass is 32.1. The van der Waals surface area contributed by atoms with Crippen LogP contribution in [0.25, 0.3) is 10.6 Å². The van der Waals surface area contributed by atoms with Gasteiger partial charge in [-0.2, -0.15) is 5.10 Å². The summed E-state index contributed by atoms with van der Waals surface area (Å²) in [7, 11) is 3.24. The number of methoxy groups -OCH3 is 1. The Morgan fingerprint density at radius 1 is 1.62 bits per heavy atom. The van der Waals surface area contributed by atoms with E-state index >= 15 is 0 Å². The molecule has 0 aromatic carbocycles. The van der Waals surface area contributed by atoms with E-state index in [-0.39, 0.29) is 12.4 Å². The van der Waals surface area contributed by atoms with Crippen LogP contribution in [0.1, 0.15) is 5.56 Å². The molecule has 0 radical (unpaired) electrons. The first-order valence-corrected chi connectivity index (χ1v) is 5.72. The number of hydrogen-bond acceptors (Lipinski definition) is 4. The smallest absolute Gasteiger partial charge is 0.310 e. The van der Waals surface area contributed by atoms with E-state index in [0.717, 1.165) is 16.1 Å². The molecule has 0 N–H and O–H groups in total. The molecule has 0 amide bonds. The number of nitrogens with zero attached hydrogens (tertiary/aromatic N) is 2. The van der Waals surface area contributed by atoms with Crippen LogP contribution >= 0.6 is 11.3 Å². The second-order valence-corrected chi connectivity index (χ2v) is 4.35. The molecular formula is C11H12N2O2S. The van der Waals surface area contributed by atoms with Crippen LogP contribution in [0.4, 0.5) is 0 Å². The molecule has 0 bridgehead atoms. The number of aromatic nitrogens is 2. The van der Waals surface area contributed by atoms with Gasteiger partial charge in [-0.25, -0.2) is 0 Å². The van der Waals surface area contributed by atoms with E-state index < -0.39 is 0 Å². The van der Waals surface area contributed by atoms with Gasteiger partial charge in [0.2, 0.25) is 0 Å². The van der Waals surface area contributed by atoms with Crippen molar-refractivity contribution in [2.45, 2.75) is 6.42 Å². The van der Waals surface area contributed by atoms with Gasteiger partial charge in [0, 0.05) is 18.8 Å². The summed E-state index contributed by atoms with van der Waals surface area (Å²) in [5.74, 6) is -0.245. The highest BCUT2D eigenvalue weighted by Crippen LogP contribution is 2.26. The monoisotopic (exact) mass is 236 g/mol. The molecule has 5 heteroatoms. The SMILES string of the molecule is COC(=O)Cc1cn(C)nc1-c1cccs1. The molecule has 4 nitrogen and oxygen atoms in total. The van der Waals surface area contributed by atoms with Crippen molar-refractivity contribution in [3.8, 4) is 10.6 Å². The first-order chi connectivity index (χ1) is 7.70. The van der Waals surface area contributed by atoms with Crippen LogP contribution in [0.2, 0.25) is 0 Å². The third-order valence-corrected chi connectivity index (χ3v) is 3.10. The van der Waals surface area contributed by atoms with Crippen molar-refractivity contribution in [2.24, 2.45) is 7.05 Å². The minimum Gasteiger partial charge on any atom is -0.469 e. The number of thiophene rings is 1. The van der Waals surface area contributed by atoms with E-state index in [1.165, 1.54) is 7.11 Å². The molecule has 2 aromatic heterocycles. The number of rotatable bonds is 3. The van der Waals surface area contributed by atoms with Crippen LogP contribution in [-0.2, 0) is 23.0 Å². The third-order valence-electron chi connectivity index (χ3n) is 2.22. The molecular weight excluding hydrogens is 224 g/mol. The van der Waals surface area contributed by atoms with Gasteiger partial charge in [0.05, 0.1) is 18.4 Å². The minimum absolute atomic E-state index is 0.245. The molecule has 16 heavy (non-hydrogen) atoms. The predicted molar refractivity (Wildman–Crippen MR) is 62.2 cm³/mol. The molecule has 0 unspecified atom stereocenters. The zero-order valence-electron chi connectivity index (χ0n) is 9.14. The van der Waals surface area contributed by atoms with Crippen molar-refractivity contribution in [1.29, 1.82) is 0 Å². The maximum atomic E-state index is 11.3. The van der Waals surface area contributed by atoms with Gasteiger partial charge in [0.15, 0.2) is 0 Å². The summed E-state index contributed by atoms with van der Waals surface area (Å²) in [5.41, 5.74) is 1.76. The Morgan fingerprint density at radius 2 is 2.44 bits per heavy atom. The van der Waals surface area contributed by atoms with Crippen LogP contribution in [-0.4, -0.2) is 22.9 Å². The highest BCUT2D eigenvalue weighted by Gasteiger charge is 2.14. The maximum Gasteiger partial charge on any atom is 0.310 e. The van der Waals surface area contributed by atoms with Gasteiger partial charge in [-0.3, -0.25) is 9.48 Å². The molecule has 2 rings (SSSR count). The van der Waals surface area contributed by atoms with Crippen LogP contribution in [0.15, 0.2) is 23.7 Å². The fraction of sp³-hybridized carbons (Fsp3) is 0.273. The van der Waals surface area contributed by atoms with Crippen LogP contribution in [0.3, 0.4) is 0 Å². The average Bonchev–Trinajstić information content (AvgIpc) is 2.87. The summed E-state index contributed by atoms with van der Waals surface area (Å²) < 4.78 is 6.38. The van der Waals surface area contributed by atoms with Gasteiger partial charge in [0.1, 0.15) is 5.69 Å².